The minimum atomic E-state index is -0.389. The SMILES string of the molecule is COc1cc(CNc2noc3cc(Br)ccc23)ccc1OC(C)=O. The van der Waals surface area contributed by atoms with Gasteiger partial charge in [0.2, 0.25) is 0 Å². The molecule has 1 aromatic heterocycles. The number of rotatable bonds is 5. The summed E-state index contributed by atoms with van der Waals surface area (Å²) in [5.74, 6) is 1.17. The summed E-state index contributed by atoms with van der Waals surface area (Å²) in [5.41, 5.74) is 1.66. The Hall–Kier alpha value is -2.54. The standard InChI is InChI=1S/C17H15BrN2O4/c1-10(21)23-14-6-3-11(7-16(14)22-2)9-19-17-13-5-4-12(18)8-15(13)24-20-17/h3-8H,9H2,1-2H3,(H,19,20). The molecule has 3 rings (SSSR count). The van der Waals surface area contributed by atoms with Gasteiger partial charge < -0.3 is 19.3 Å². The van der Waals surface area contributed by atoms with Crippen molar-refractivity contribution in [1.29, 1.82) is 0 Å². The second-order valence-corrected chi connectivity index (χ2v) is 6.02. The van der Waals surface area contributed by atoms with E-state index < -0.39 is 0 Å². The van der Waals surface area contributed by atoms with E-state index in [1.807, 2.05) is 30.3 Å². The van der Waals surface area contributed by atoms with Gasteiger partial charge in [0, 0.05) is 17.9 Å². The Balaban J connectivity index is 1.77. The lowest BCUT2D eigenvalue weighted by Crippen LogP contribution is -2.04. The van der Waals surface area contributed by atoms with E-state index in [0.717, 1.165) is 15.4 Å². The number of hydrogen-bond donors (Lipinski definition) is 1. The number of carbonyl (C=O) groups is 1. The summed E-state index contributed by atoms with van der Waals surface area (Å²) < 4.78 is 16.6. The van der Waals surface area contributed by atoms with Crippen LogP contribution in [0.4, 0.5) is 5.82 Å². The van der Waals surface area contributed by atoms with E-state index in [-0.39, 0.29) is 5.97 Å². The number of anilines is 1. The molecule has 0 aliphatic carbocycles. The number of hydrogen-bond acceptors (Lipinski definition) is 6. The zero-order valence-electron chi connectivity index (χ0n) is 13.1. The Morgan fingerprint density at radius 2 is 2.08 bits per heavy atom. The minimum absolute atomic E-state index is 0.389. The topological polar surface area (TPSA) is 73.6 Å². The lowest BCUT2D eigenvalue weighted by Gasteiger charge is -2.10. The maximum atomic E-state index is 11.1. The maximum absolute atomic E-state index is 11.1. The van der Waals surface area contributed by atoms with Crippen LogP contribution in [0.5, 0.6) is 11.5 Å². The van der Waals surface area contributed by atoms with Crippen LogP contribution in [0.15, 0.2) is 45.4 Å². The van der Waals surface area contributed by atoms with Gasteiger partial charge >= 0.3 is 5.97 Å². The summed E-state index contributed by atoms with van der Waals surface area (Å²) >= 11 is 3.40. The number of ether oxygens (including phenoxy) is 2. The molecule has 0 fully saturated rings. The molecule has 0 aliphatic rings. The molecule has 124 valence electrons. The third-order valence-electron chi connectivity index (χ3n) is 3.38. The van der Waals surface area contributed by atoms with E-state index in [4.69, 9.17) is 14.0 Å². The molecular weight excluding hydrogens is 376 g/mol. The van der Waals surface area contributed by atoms with Crippen molar-refractivity contribution >= 4 is 38.7 Å². The Kier molecular flexibility index (Phi) is 4.71. The molecule has 0 aliphatic heterocycles. The summed E-state index contributed by atoms with van der Waals surface area (Å²) in [4.78, 5) is 11.1. The van der Waals surface area contributed by atoms with Gasteiger partial charge in [0.05, 0.1) is 12.5 Å². The quantitative estimate of drug-likeness (QED) is 0.521. The fourth-order valence-electron chi connectivity index (χ4n) is 2.29. The van der Waals surface area contributed by atoms with Crippen molar-refractivity contribution in [3.05, 3.63) is 46.4 Å². The number of nitrogens with one attached hydrogen (secondary N) is 1. The third-order valence-corrected chi connectivity index (χ3v) is 3.87. The first kappa shape index (κ1) is 16.3. The van der Waals surface area contributed by atoms with Gasteiger partial charge in [-0.05, 0) is 35.9 Å². The number of esters is 1. The van der Waals surface area contributed by atoms with Gasteiger partial charge in [0.1, 0.15) is 0 Å². The number of carbonyl (C=O) groups excluding carboxylic acids is 1. The van der Waals surface area contributed by atoms with Crippen LogP contribution in [-0.2, 0) is 11.3 Å². The first-order valence-electron chi connectivity index (χ1n) is 7.21. The molecule has 24 heavy (non-hydrogen) atoms. The average Bonchev–Trinajstić information content (AvgIpc) is 2.95. The fraction of sp³-hybridized carbons (Fsp3) is 0.176. The monoisotopic (exact) mass is 390 g/mol. The van der Waals surface area contributed by atoms with E-state index in [1.165, 1.54) is 14.0 Å². The molecule has 0 spiro atoms. The lowest BCUT2D eigenvalue weighted by molar-refractivity contribution is -0.132. The van der Waals surface area contributed by atoms with Crippen molar-refractivity contribution in [2.24, 2.45) is 0 Å². The molecule has 0 radical (unpaired) electrons. The van der Waals surface area contributed by atoms with Gasteiger partial charge in [-0.15, -0.1) is 0 Å². The van der Waals surface area contributed by atoms with Gasteiger partial charge in [-0.25, -0.2) is 0 Å². The zero-order chi connectivity index (χ0) is 17.1. The first-order chi connectivity index (χ1) is 11.6. The molecule has 0 unspecified atom stereocenters. The van der Waals surface area contributed by atoms with E-state index in [0.29, 0.717) is 29.4 Å². The lowest BCUT2D eigenvalue weighted by atomic mass is 10.2. The normalized spacial score (nSPS) is 10.6. The van der Waals surface area contributed by atoms with E-state index in [9.17, 15) is 4.79 Å². The summed E-state index contributed by atoms with van der Waals surface area (Å²) in [6.45, 7) is 1.87. The van der Waals surface area contributed by atoms with Crippen molar-refractivity contribution in [3.8, 4) is 11.5 Å². The highest BCUT2D eigenvalue weighted by Crippen LogP contribution is 2.29. The van der Waals surface area contributed by atoms with Crippen LogP contribution in [0.1, 0.15) is 12.5 Å². The molecule has 7 heteroatoms. The van der Waals surface area contributed by atoms with E-state index in [2.05, 4.69) is 26.4 Å². The van der Waals surface area contributed by atoms with Crippen molar-refractivity contribution < 1.29 is 18.8 Å². The summed E-state index contributed by atoms with van der Waals surface area (Å²) in [7, 11) is 1.53. The molecule has 0 bridgehead atoms. The molecule has 1 heterocycles. The smallest absolute Gasteiger partial charge is 0.308 e. The summed E-state index contributed by atoms with van der Waals surface area (Å²) in [6, 6.07) is 11.1. The van der Waals surface area contributed by atoms with E-state index in [1.54, 1.807) is 6.07 Å². The van der Waals surface area contributed by atoms with Crippen molar-refractivity contribution in [2.75, 3.05) is 12.4 Å². The zero-order valence-corrected chi connectivity index (χ0v) is 14.7. The first-order valence-corrected chi connectivity index (χ1v) is 8.00. The predicted molar refractivity (Wildman–Crippen MR) is 93.3 cm³/mol. The van der Waals surface area contributed by atoms with Crippen LogP contribution in [0, 0.1) is 0 Å². The second-order valence-electron chi connectivity index (χ2n) is 5.10. The Morgan fingerprint density at radius 1 is 1.25 bits per heavy atom. The van der Waals surface area contributed by atoms with Crippen LogP contribution in [0.25, 0.3) is 11.0 Å². The predicted octanol–water partition coefficient (Wildman–Crippen LogP) is 4.14. The van der Waals surface area contributed by atoms with Gasteiger partial charge in [-0.2, -0.15) is 0 Å². The number of aromatic nitrogens is 1. The molecule has 0 saturated heterocycles. The van der Waals surface area contributed by atoms with Crippen molar-refractivity contribution in [1.82, 2.24) is 5.16 Å². The summed E-state index contributed by atoms with van der Waals surface area (Å²) in [5, 5.41) is 8.18. The fourth-order valence-corrected chi connectivity index (χ4v) is 2.63. The number of nitrogens with zero attached hydrogens (tertiary/aromatic N) is 1. The highest BCUT2D eigenvalue weighted by Gasteiger charge is 2.10. The van der Waals surface area contributed by atoms with Gasteiger partial charge in [0.25, 0.3) is 0 Å². The van der Waals surface area contributed by atoms with Crippen molar-refractivity contribution in [2.45, 2.75) is 13.5 Å². The summed E-state index contributed by atoms with van der Waals surface area (Å²) in [6.07, 6.45) is 0. The minimum Gasteiger partial charge on any atom is -0.493 e. The highest BCUT2D eigenvalue weighted by atomic mass is 79.9. The number of fused-ring (bicyclic) bond motifs is 1. The Morgan fingerprint density at radius 3 is 2.83 bits per heavy atom. The molecule has 0 saturated carbocycles. The number of benzene rings is 2. The molecule has 2 aromatic carbocycles. The van der Waals surface area contributed by atoms with Gasteiger partial charge in [-0.1, -0.05) is 27.2 Å². The largest absolute Gasteiger partial charge is 0.493 e. The van der Waals surface area contributed by atoms with Crippen molar-refractivity contribution in [3.63, 3.8) is 0 Å². The van der Waals surface area contributed by atoms with Crippen LogP contribution in [-0.4, -0.2) is 18.2 Å². The molecule has 1 N–H and O–H groups in total. The van der Waals surface area contributed by atoms with Gasteiger partial charge in [-0.3, -0.25) is 4.79 Å². The number of methoxy groups -OCH3 is 1. The Labute approximate surface area is 146 Å². The molecule has 0 atom stereocenters. The molecule has 6 nitrogen and oxygen atoms in total. The van der Waals surface area contributed by atoms with Crippen LogP contribution in [0.3, 0.4) is 0 Å². The average molecular weight is 391 g/mol. The molecule has 3 aromatic rings. The van der Waals surface area contributed by atoms with Crippen LogP contribution in [0.2, 0.25) is 0 Å². The highest BCUT2D eigenvalue weighted by molar-refractivity contribution is 9.10. The van der Waals surface area contributed by atoms with Gasteiger partial charge in [0.15, 0.2) is 22.9 Å². The molecule has 0 amide bonds. The van der Waals surface area contributed by atoms with Crippen LogP contribution < -0.4 is 14.8 Å². The maximum Gasteiger partial charge on any atom is 0.308 e. The van der Waals surface area contributed by atoms with E-state index >= 15 is 0 Å². The van der Waals surface area contributed by atoms with Crippen LogP contribution >= 0.6 is 15.9 Å². The molecular formula is C17H15BrN2O4. The third kappa shape index (κ3) is 3.51. The second kappa shape index (κ2) is 6.92. The Bertz CT molecular complexity index is 891. The number of halogens is 1.